The van der Waals surface area contributed by atoms with Gasteiger partial charge < -0.3 is 19.2 Å². The molecule has 148 valence electrons. The molecule has 0 aliphatic heterocycles. The normalized spacial score (nSPS) is 11.4. The predicted molar refractivity (Wildman–Crippen MR) is 117 cm³/mol. The third kappa shape index (κ3) is 5.18. The number of aliphatic imine (C=N–C) groups is 1. The van der Waals surface area contributed by atoms with Gasteiger partial charge in [-0.3, -0.25) is 4.99 Å². The van der Waals surface area contributed by atoms with E-state index in [4.69, 9.17) is 9.84 Å². The van der Waals surface area contributed by atoms with E-state index in [1.807, 2.05) is 38.2 Å². The Hall–Kier alpha value is -2.70. The second kappa shape index (κ2) is 10.6. The number of thiophene rings is 1. The topological polar surface area (TPSA) is 63.8 Å². The summed E-state index contributed by atoms with van der Waals surface area (Å²) in [6, 6.07) is 14.4. The molecule has 3 rings (SSSR count). The first-order chi connectivity index (χ1) is 13.5. The second-order valence-electron chi connectivity index (χ2n) is 6.07. The van der Waals surface area contributed by atoms with Gasteiger partial charge in [0.2, 0.25) is 0 Å². The lowest BCUT2D eigenvalue weighted by atomic mass is 10.2. The lowest BCUT2D eigenvalue weighted by molar-refractivity contribution is -0.107. The summed E-state index contributed by atoms with van der Waals surface area (Å²) in [7, 11) is 2.03. The van der Waals surface area contributed by atoms with Crippen LogP contribution in [0.15, 0.2) is 53.2 Å². The van der Waals surface area contributed by atoms with Crippen molar-refractivity contribution in [3.05, 3.63) is 63.6 Å². The minimum absolute atomic E-state index is 0.185. The van der Waals surface area contributed by atoms with Crippen molar-refractivity contribution in [1.82, 2.24) is 4.57 Å². The maximum Gasteiger partial charge on any atom is 0.158 e. The summed E-state index contributed by atoms with van der Waals surface area (Å²) in [6.07, 6.45) is 1.01. The van der Waals surface area contributed by atoms with Crippen molar-refractivity contribution in [3.63, 3.8) is 0 Å². The number of aryl methyl sites for hydroxylation is 2. The number of rotatable bonds is 7. The first-order valence-corrected chi connectivity index (χ1v) is 9.84. The Labute approximate surface area is 169 Å². The number of ether oxygens (including phenoxy) is 1. The maximum atomic E-state index is 11.0. The Bertz CT molecular complexity index is 969. The van der Waals surface area contributed by atoms with Crippen LogP contribution < -0.4 is 0 Å². The number of fused-ring (bicyclic) bond motifs is 1. The molecule has 3 aromatic rings. The van der Waals surface area contributed by atoms with Crippen LogP contribution in [0.5, 0.6) is 0 Å². The lowest BCUT2D eigenvalue weighted by Gasteiger charge is -2.12. The molecule has 0 saturated carbocycles. The molecular formula is C22H26N2O3S. The number of aliphatic hydroxyl groups excluding tert-OH is 1. The van der Waals surface area contributed by atoms with Crippen molar-refractivity contribution in [2.24, 2.45) is 12.0 Å². The average Bonchev–Trinajstić information content (AvgIpc) is 3.25. The third-order valence-electron chi connectivity index (χ3n) is 4.11. The zero-order chi connectivity index (χ0) is 20.5. The molecule has 28 heavy (non-hydrogen) atoms. The Kier molecular flexibility index (Phi) is 8.17. The number of hydrogen-bond donors (Lipinski definition) is 1. The van der Waals surface area contributed by atoms with E-state index in [1.165, 1.54) is 10.3 Å². The summed E-state index contributed by atoms with van der Waals surface area (Å²) in [5.41, 5.74) is 2.78. The highest BCUT2D eigenvalue weighted by molar-refractivity contribution is 7.13. The second-order valence-corrected chi connectivity index (χ2v) is 7.36. The van der Waals surface area contributed by atoms with Gasteiger partial charge in [0.1, 0.15) is 12.9 Å². The number of nitrogens with zero attached hydrogens (tertiary/aromatic N) is 2. The SMILES string of the molecule is C=N/C(CC=O)=C(\OCc1cc2ccccc2n1C)c1ccc(C)s1.CCO. The molecule has 2 heterocycles. The zero-order valence-corrected chi connectivity index (χ0v) is 17.3. The molecule has 0 bridgehead atoms. The fourth-order valence-corrected chi connectivity index (χ4v) is 3.68. The number of aromatic nitrogens is 1. The van der Waals surface area contributed by atoms with Crippen LogP contribution in [-0.4, -0.2) is 29.3 Å². The van der Waals surface area contributed by atoms with Gasteiger partial charge in [0.05, 0.1) is 16.3 Å². The molecule has 0 fully saturated rings. The number of para-hydroxylation sites is 1. The van der Waals surface area contributed by atoms with Gasteiger partial charge in [-0.15, -0.1) is 11.3 Å². The first-order valence-electron chi connectivity index (χ1n) is 9.03. The third-order valence-corrected chi connectivity index (χ3v) is 5.11. The molecule has 5 nitrogen and oxygen atoms in total. The number of carbonyl (C=O) groups excluding carboxylic acids is 1. The Morgan fingerprint density at radius 2 is 2.04 bits per heavy atom. The van der Waals surface area contributed by atoms with E-state index in [-0.39, 0.29) is 13.0 Å². The molecule has 0 spiro atoms. The van der Waals surface area contributed by atoms with Gasteiger partial charge in [-0.05, 0) is 50.2 Å². The van der Waals surface area contributed by atoms with Crippen LogP contribution in [0.3, 0.4) is 0 Å². The minimum Gasteiger partial charge on any atom is -0.484 e. The molecule has 0 unspecified atom stereocenters. The van der Waals surface area contributed by atoms with Gasteiger partial charge in [-0.25, -0.2) is 0 Å². The molecule has 1 aromatic carbocycles. The number of aldehydes is 1. The lowest BCUT2D eigenvalue weighted by Crippen LogP contribution is -2.01. The molecule has 0 aliphatic rings. The van der Waals surface area contributed by atoms with E-state index in [0.717, 1.165) is 22.4 Å². The Morgan fingerprint density at radius 1 is 1.32 bits per heavy atom. The van der Waals surface area contributed by atoms with E-state index in [1.54, 1.807) is 18.3 Å². The Balaban J connectivity index is 0.000000878. The van der Waals surface area contributed by atoms with Crippen molar-refractivity contribution in [3.8, 4) is 0 Å². The van der Waals surface area contributed by atoms with Crippen molar-refractivity contribution >= 4 is 41.0 Å². The highest BCUT2D eigenvalue weighted by Crippen LogP contribution is 2.30. The standard InChI is InChI=1S/C20H20N2O2S.C2H6O/c1-14-8-9-19(25-14)20(17(21-2)10-11-23)24-13-16-12-15-6-4-5-7-18(15)22(16)3;1-2-3/h4-9,11-12H,2,10,13H2,1,3H3;3H,2H2,1H3/b20-17-;. The highest BCUT2D eigenvalue weighted by atomic mass is 32.1. The van der Waals surface area contributed by atoms with E-state index in [9.17, 15) is 4.79 Å². The Morgan fingerprint density at radius 3 is 2.61 bits per heavy atom. The molecule has 0 radical (unpaired) electrons. The van der Waals surface area contributed by atoms with Crippen LogP contribution in [0.4, 0.5) is 0 Å². The van der Waals surface area contributed by atoms with Gasteiger partial charge >= 0.3 is 0 Å². The van der Waals surface area contributed by atoms with Crippen LogP contribution in [0.1, 0.15) is 28.8 Å². The molecule has 0 amide bonds. The van der Waals surface area contributed by atoms with Gasteiger partial charge in [0, 0.05) is 30.5 Å². The van der Waals surface area contributed by atoms with E-state index in [0.29, 0.717) is 18.1 Å². The summed E-state index contributed by atoms with van der Waals surface area (Å²) < 4.78 is 8.24. The van der Waals surface area contributed by atoms with Crippen LogP contribution >= 0.6 is 11.3 Å². The van der Waals surface area contributed by atoms with Crippen molar-refractivity contribution in [1.29, 1.82) is 0 Å². The van der Waals surface area contributed by atoms with Crippen LogP contribution in [0, 0.1) is 6.92 Å². The fourth-order valence-electron chi connectivity index (χ4n) is 2.79. The molecule has 0 aliphatic carbocycles. The van der Waals surface area contributed by atoms with Crippen molar-refractivity contribution in [2.75, 3.05) is 6.61 Å². The number of hydrogen-bond acceptors (Lipinski definition) is 5. The monoisotopic (exact) mass is 398 g/mol. The summed E-state index contributed by atoms with van der Waals surface area (Å²) >= 11 is 1.62. The van der Waals surface area contributed by atoms with Crippen LogP contribution in [-0.2, 0) is 23.2 Å². The zero-order valence-electron chi connectivity index (χ0n) is 16.5. The number of benzene rings is 1. The van der Waals surface area contributed by atoms with Gasteiger partial charge in [0.25, 0.3) is 0 Å². The van der Waals surface area contributed by atoms with E-state index in [2.05, 4.69) is 34.5 Å². The molecule has 1 N–H and O–H groups in total. The molecule has 0 saturated heterocycles. The van der Waals surface area contributed by atoms with Gasteiger partial charge in [-0.1, -0.05) is 18.2 Å². The largest absolute Gasteiger partial charge is 0.484 e. The molecule has 0 atom stereocenters. The van der Waals surface area contributed by atoms with Crippen LogP contribution in [0.2, 0.25) is 0 Å². The fraction of sp³-hybridized carbons (Fsp3) is 0.273. The van der Waals surface area contributed by atoms with Crippen molar-refractivity contribution < 1.29 is 14.6 Å². The maximum absolute atomic E-state index is 11.0. The van der Waals surface area contributed by atoms with E-state index < -0.39 is 0 Å². The molecule has 6 heteroatoms. The molecule has 2 aromatic heterocycles. The number of aliphatic hydroxyl groups is 1. The smallest absolute Gasteiger partial charge is 0.158 e. The van der Waals surface area contributed by atoms with Crippen LogP contribution in [0.25, 0.3) is 16.7 Å². The van der Waals surface area contributed by atoms with Crippen molar-refractivity contribution in [2.45, 2.75) is 26.9 Å². The van der Waals surface area contributed by atoms with Gasteiger partial charge in [0.15, 0.2) is 5.76 Å². The summed E-state index contributed by atoms with van der Waals surface area (Å²) in [5, 5.41) is 8.75. The van der Waals surface area contributed by atoms with Gasteiger partial charge in [-0.2, -0.15) is 0 Å². The highest BCUT2D eigenvalue weighted by Gasteiger charge is 2.14. The first kappa shape index (κ1) is 21.6. The summed E-state index contributed by atoms with van der Waals surface area (Å²) in [6.45, 7) is 7.96. The minimum atomic E-state index is 0.185. The summed E-state index contributed by atoms with van der Waals surface area (Å²) in [4.78, 5) is 17.1. The van der Waals surface area contributed by atoms with E-state index >= 15 is 0 Å². The summed E-state index contributed by atoms with van der Waals surface area (Å²) in [5.74, 6) is 0.630. The molecular weight excluding hydrogens is 372 g/mol. The average molecular weight is 399 g/mol. The predicted octanol–water partition coefficient (Wildman–Crippen LogP) is 4.72. The number of allylic oxidation sites excluding steroid dienone is 1. The number of carbonyl (C=O) groups is 1. The quantitative estimate of drug-likeness (QED) is 0.356.